The molecule has 0 spiro atoms. The zero-order valence-electron chi connectivity index (χ0n) is 8.98. The minimum Gasteiger partial charge on any atom is -0.385 e. The molecule has 0 saturated carbocycles. The Balaban J connectivity index is 1.95. The van der Waals surface area contributed by atoms with Crippen molar-refractivity contribution in [2.75, 3.05) is 11.9 Å². The van der Waals surface area contributed by atoms with Crippen molar-refractivity contribution >= 4 is 33.0 Å². The van der Waals surface area contributed by atoms with Gasteiger partial charge in [-0.1, -0.05) is 15.9 Å². The topological polar surface area (TPSA) is 48.7 Å². The lowest BCUT2D eigenvalue weighted by Crippen LogP contribution is -2.04. The fourth-order valence-corrected chi connectivity index (χ4v) is 2.56. The van der Waals surface area contributed by atoms with E-state index in [9.17, 15) is 0 Å². The number of benzene rings is 1. The minimum absolute atomic E-state index is 0.649. The van der Waals surface area contributed by atoms with Gasteiger partial charge in [0.2, 0.25) is 0 Å². The Morgan fingerprint density at radius 1 is 1.41 bits per heavy atom. The van der Waals surface area contributed by atoms with Crippen molar-refractivity contribution in [3.05, 3.63) is 44.8 Å². The van der Waals surface area contributed by atoms with Crippen molar-refractivity contribution in [3.63, 3.8) is 0 Å². The van der Waals surface area contributed by atoms with Gasteiger partial charge in [0, 0.05) is 34.7 Å². The molecule has 0 amide bonds. The molecule has 1 aromatic carbocycles. The van der Waals surface area contributed by atoms with Crippen LogP contribution in [0.2, 0.25) is 0 Å². The smallest absolute Gasteiger partial charge is 0.0992 e. The molecule has 0 atom stereocenters. The number of hydrogen-bond acceptors (Lipinski definition) is 4. The van der Waals surface area contributed by atoms with Gasteiger partial charge in [0.15, 0.2) is 0 Å². The van der Waals surface area contributed by atoms with Crippen molar-refractivity contribution < 1.29 is 0 Å². The molecule has 0 aliphatic rings. The van der Waals surface area contributed by atoms with Crippen molar-refractivity contribution in [3.8, 4) is 6.07 Å². The van der Waals surface area contributed by atoms with E-state index in [1.54, 1.807) is 17.4 Å². The number of halogens is 1. The highest BCUT2D eigenvalue weighted by Crippen LogP contribution is 2.19. The lowest BCUT2D eigenvalue weighted by molar-refractivity contribution is 0.998. The summed E-state index contributed by atoms with van der Waals surface area (Å²) in [5.74, 6) is 0. The maximum Gasteiger partial charge on any atom is 0.0992 e. The van der Waals surface area contributed by atoms with Crippen LogP contribution in [0.4, 0.5) is 5.69 Å². The first-order chi connectivity index (χ1) is 8.28. The molecule has 0 fully saturated rings. The molecular weight excluding hydrogens is 298 g/mol. The molecule has 5 heteroatoms. The zero-order valence-corrected chi connectivity index (χ0v) is 11.4. The SMILES string of the molecule is N#Cc1cc(Br)cc(NCCc2nccs2)c1. The summed E-state index contributed by atoms with van der Waals surface area (Å²) in [6.07, 6.45) is 2.71. The van der Waals surface area contributed by atoms with E-state index in [0.29, 0.717) is 5.56 Å². The van der Waals surface area contributed by atoms with Crippen LogP contribution in [0.1, 0.15) is 10.6 Å². The van der Waals surface area contributed by atoms with Gasteiger partial charge in [0.05, 0.1) is 16.6 Å². The number of rotatable bonds is 4. The van der Waals surface area contributed by atoms with Crippen LogP contribution in [0.25, 0.3) is 0 Å². The Hall–Kier alpha value is -1.38. The van der Waals surface area contributed by atoms with Crippen molar-refractivity contribution in [1.82, 2.24) is 4.98 Å². The molecule has 17 heavy (non-hydrogen) atoms. The second kappa shape index (κ2) is 5.80. The molecule has 0 aliphatic carbocycles. The lowest BCUT2D eigenvalue weighted by Gasteiger charge is -2.06. The Morgan fingerprint density at radius 3 is 3.00 bits per heavy atom. The number of nitrogens with zero attached hydrogens (tertiary/aromatic N) is 2. The molecule has 0 radical (unpaired) electrons. The van der Waals surface area contributed by atoms with E-state index in [4.69, 9.17) is 5.26 Å². The molecule has 2 rings (SSSR count). The normalized spacial score (nSPS) is 9.88. The molecule has 3 nitrogen and oxygen atoms in total. The third-order valence-corrected chi connectivity index (χ3v) is 3.48. The Kier molecular flexibility index (Phi) is 4.13. The quantitative estimate of drug-likeness (QED) is 0.941. The number of anilines is 1. The molecule has 2 aromatic rings. The molecule has 0 aliphatic heterocycles. The summed E-state index contributed by atoms with van der Waals surface area (Å²) in [5.41, 5.74) is 1.60. The van der Waals surface area contributed by atoms with Crippen LogP contribution in [0.5, 0.6) is 0 Å². The first-order valence-corrected chi connectivity index (χ1v) is 6.78. The van der Waals surface area contributed by atoms with Crippen LogP contribution in [0.3, 0.4) is 0 Å². The molecule has 86 valence electrons. The van der Waals surface area contributed by atoms with Gasteiger partial charge in [0.1, 0.15) is 0 Å². The van der Waals surface area contributed by atoms with E-state index in [1.807, 2.05) is 23.7 Å². The van der Waals surface area contributed by atoms with Gasteiger partial charge < -0.3 is 5.32 Å². The average Bonchev–Trinajstić information content (AvgIpc) is 2.81. The van der Waals surface area contributed by atoms with Crippen molar-refractivity contribution in [2.45, 2.75) is 6.42 Å². The largest absolute Gasteiger partial charge is 0.385 e. The maximum atomic E-state index is 8.86. The minimum atomic E-state index is 0.649. The molecule has 1 heterocycles. The number of aromatic nitrogens is 1. The Bertz CT molecular complexity index is 531. The van der Waals surface area contributed by atoms with Gasteiger partial charge in [-0.2, -0.15) is 5.26 Å². The maximum absolute atomic E-state index is 8.86. The molecule has 0 saturated heterocycles. The monoisotopic (exact) mass is 307 g/mol. The summed E-state index contributed by atoms with van der Waals surface area (Å²) in [4.78, 5) is 4.22. The van der Waals surface area contributed by atoms with Gasteiger partial charge in [-0.05, 0) is 18.2 Å². The number of nitrogens with one attached hydrogen (secondary N) is 1. The molecule has 1 N–H and O–H groups in total. The predicted octanol–water partition coefficient (Wildman–Crippen LogP) is 3.43. The molecule has 0 bridgehead atoms. The van der Waals surface area contributed by atoms with Gasteiger partial charge in [-0.15, -0.1) is 11.3 Å². The second-order valence-electron chi connectivity index (χ2n) is 3.44. The average molecular weight is 308 g/mol. The second-order valence-corrected chi connectivity index (χ2v) is 5.34. The van der Waals surface area contributed by atoms with Crippen LogP contribution in [0, 0.1) is 11.3 Å². The summed E-state index contributed by atoms with van der Waals surface area (Å²) in [6, 6.07) is 7.73. The first kappa shape index (κ1) is 12.1. The number of thiazole rings is 1. The van der Waals surface area contributed by atoms with E-state index in [2.05, 4.69) is 32.3 Å². The Morgan fingerprint density at radius 2 is 2.29 bits per heavy atom. The summed E-state index contributed by atoms with van der Waals surface area (Å²) in [7, 11) is 0. The van der Waals surface area contributed by atoms with Crippen molar-refractivity contribution in [2.24, 2.45) is 0 Å². The molecule has 0 unspecified atom stereocenters. The third kappa shape index (κ3) is 3.55. The first-order valence-electron chi connectivity index (χ1n) is 5.11. The predicted molar refractivity (Wildman–Crippen MR) is 73.2 cm³/mol. The summed E-state index contributed by atoms with van der Waals surface area (Å²) in [6.45, 7) is 0.814. The van der Waals surface area contributed by atoms with Crippen LogP contribution in [-0.4, -0.2) is 11.5 Å². The van der Waals surface area contributed by atoms with E-state index in [0.717, 1.165) is 28.1 Å². The van der Waals surface area contributed by atoms with Gasteiger partial charge in [-0.25, -0.2) is 4.98 Å². The van der Waals surface area contributed by atoms with E-state index < -0.39 is 0 Å². The fourth-order valence-electron chi connectivity index (χ4n) is 1.45. The van der Waals surface area contributed by atoms with Crippen LogP contribution in [0.15, 0.2) is 34.2 Å². The lowest BCUT2D eigenvalue weighted by atomic mass is 10.2. The summed E-state index contributed by atoms with van der Waals surface area (Å²) in [5, 5.41) is 15.2. The third-order valence-electron chi connectivity index (χ3n) is 2.18. The standard InChI is InChI=1S/C12H10BrN3S/c13-10-5-9(8-14)6-11(7-10)15-2-1-12-16-3-4-17-12/h3-7,15H,1-2H2. The Labute approximate surface area is 112 Å². The van der Waals surface area contributed by atoms with Crippen LogP contribution < -0.4 is 5.32 Å². The van der Waals surface area contributed by atoms with E-state index >= 15 is 0 Å². The van der Waals surface area contributed by atoms with Gasteiger partial charge >= 0.3 is 0 Å². The number of hydrogen-bond donors (Lipinski definition) is 1. The number of nitriles is 1. The van der Waals surface area contributed by atoms with Crippen molar-refractivity contribution in [1.29, 1.82) is 5.26 Å². The molecular formula is C12H10BrN3S. The van der Waals surface area contributed by atoms with Crippen LogP contribution >= 0.6 is 27.3 Å². The summed E-state index contributed by atoms with van der Waals surface area (Å²) < 4.78 is 0.910. The highest BCUT2D eigenvalue weighted by atomic mass is 79.9. The molecule has 1 aromatic heterocycles. The highest BCUT2D eigenvalue weighted by Gasteiger charge is 1.99. The van der Waals surface area contributed by atoms with Crippen LogP contribution in [-0.2, 0) is 6.42 Å². The zero-order chi connectivity index (χ0) is 12.1. The highest BCUT2D eigenvalue weighted by molar-refractivity contribution is 9.10. The van der Waals surface area contributed by atoms with Gasteiger partial charge in [0.25, 0.3) is 0 Å². The van der Waals surface area contributed by atoms with E-state index in [-0.39, 0.29) is 0 Å². The summed E-state index contributed by atoms with van der Waals surface area (Å²) >= 11 is 5.04. The van der Waals surface area contributed by atoms with E-state index in [1.165, 1.54) is 0 Å². The fraction of sp³-hybridized carbons (Fsp3) is 0.167. The van der Waals surface area contributed by atoms with Gasteiger partial charge in [-0.3, -0.25) is 0 Å².